The van der Waals surface area contributed by atoms with Crippen LogP contribution in [0.15, 0.2) is 30.9 Å². The normalized spacial score (nSPS) is 12.3. The van der Waals surface area contributed by atoms with Crippen molar-refractivity contribution in [2.24, 2.45) is 0 Å². The van der Waals surface area contributed by atoms with E-state index in [2.05, 4.69) is 22.4 Å². The van der Waals surface area contributed by atoms with E-state index in [0.29, 0.717) is 0 Å². The molecular weight excluding hydrogens is 334 g/mol. The Bertz CT molecular complexity index is 862. The molecular formula is C18H23N5OS. The summed E-state index contributed by atoms with van der Waals surface area (Å²) >= 11 is 1.63. The summed E-state index contributed by atoms with van der Waals surface area (Å²) in [6, 6.07) is 3.71. The predicted octanol–water partition coefficient (Wildman–Crippen LogP) is 3.65. The second kappa shape index (κ2) is 7.23. The van der Waals surface area contributed by atoms with E-state index in [1.54, 1.807) is 17.7 Å². The first-order chi connectivity index (χ1) is 12.0. The molecule has 1 unspecified atom stereocenters. The summed E-state index contributed by atoms with van der Waals surface area (Å²) in [5.74, 6) is 0.700. The highest BCUT2D eigenvalue weighted by atomic mass is 32.1. The SMILES string of the molecule is CCCn1cnnc1C(C)NC(=O)c1c(-n2cccc2)sc(C)c1C. The van der Waals surface area contributed by atoms with Crippen LogP contribution in [0, 0.1) is 13.8 Å². The van der Waals surface area contributed by atoms with E-state index in [1.807, 2.05) is 54.4 Å². The van der Waals surface area contributed by atoms with Gasteiger partial charge in [0, 0.05) is 23.8 Å². The van der Waals surface area contributed by atoms with Gasteiger partial charge in [0.15, 0.2) is 5.82 Å². The lowest BCUT2D eigenvalue weighted by Gasteiger charge is -2.15. The number of hydrogen-bond acceptors (Lipinski definition) is 4. The fourth-order valence-corrected chi connectivity index (χ4v) is 3.99. The molecule has 0 saturated carbocycles. The Morgan fingerprint density at radius 3 is 2.72 bits per heavy atom. The lowest BCUT2D eigenvalue weighted by Crippen LogP contribution is -2.29. The molecule has 0 saturated heterocycles. The van der Waals surface area contributed by atoms with Crippen molar-refractivity contribution in [2.45, 2.75) is 46.7 Å². The van der Waals surface area contributed by atoms with Gasteiger partial charge in [-0.15, -0.1) is 21.5 Å². The zero-order valence-electron chi connectivity index (χ0n) is 15.0. The average molecular weight is 357 g/mol. The van der Waals surface area contributed by atoms with Crippen molar-refractivity contribution in [3.63, 3.8) is 0 Å². The molecule has 0 bridgehead atoms. The van der Waals surface area contributed by atoms with Crippen LogP contribution in [0.5, 0.6) is 0 Å². The third kappa shape index (κ3) is 3.37. The number of thiophene rings is 1. The van der Waals surface area contributed by atoms with Crippen LogP contribution in [-0.4, -0.2) is 25.2 Å². The topological polar surface area (TPSA) is 64.7 Å². The van der Waals surface area contributed by atoms with E-state index in [9.17, 15) is 4.79 Å². The van der Waals surface area contributed by atoms with E-state index in [0.717, 1.165) is 39.8 Å². The van der Waals surface area contributed by atoms with E-state index >= 15 is 0 Å². The van der Waals surface area contributed by atoms with Crippen LogP contribution in [0.25, 0.3) is 5.00 Å². The van der Waals surface area contributed by atoms with Gasteiger partial charge < -0.3 is 14.5 Å². The zero-order chi connectivity index (χ0) is 18.0. The summed E-state index contributed by atoms with van der Waals surface area (Å²) in [6.45, 7) is 8.93. The molecule has 3 aromatic heterocycles. The van der Waals surface area contributed by atoms with Gasteiger partial charge >= 0.3 is 0 Å². The lowest BCUT2D eigenvalue weighted by atomic mass is 10.1. The van der Waals surface area contributed by atoms with Gasteiger partial charge in [-0.2, -0.15) is 0 Å². The Morgan fingerprint density at radius 1 is 1.32 bits per heavy atom. The fraction of sp³-hybridized carbons (Fsp3) is 0.389. The predicted molar refractivity (Wildman–Crippen MR) is 99.3 cm³/mol. The summed E-state index contributed by atoms with van der Waals surface area (Å²) < 4.78 is 3.98. The molecule has 3 heterocycles. The molecule has 25 heavy (non-hydrogen) atoms. The van der Waals surface area contributed by atoms with E-state index < -0.39 is 0 Å². The number of hydrogen-bond donors (Lipinski definition) is 1. The van der Waals surface area contributed by atoms with Crippen molar-refractivity contribution in [3.8, 4) is 5.00 Å². The lowest BCUT2D eigenvalue weighted by molar-refractivity contribution is 0.0937. The van der Waals surface area contributed by atoms with Crippen molar-refractivity contribution in [1.82, 2.24) is 24.6 Å². The number of aryl methyl sites for hydroxylation is 2. The van der Waals surface area contributed by atoms with Crippen molar-refractivity contribution in [1.29, 1.82) is 0 Å². The Labute approximate surface area is 151 Å². The molecule has 3 rings (SSSR count). The molecule has 7 heteroatoms. The Balaban J connectivity index is 1.88. The molecule has 0 aliphatic carbocycles. The van der Waals surface area contributed by atoms with Gasteiger partial charge in [0.1, 0.15) is 11.3 Å². The van der Waals surface area contributed by atoms with Crippen LogP contribution in [0.1, 0.15) is 52.9 Å². The summed E-state index contributed by atoms with van der Waals surface area (Å²) in [5.41, 5.74) is 1.75. The van der Waals surface area contributed by atoms with Gasteiger partial charge in [0.05, 0.1) is 11.6 Å². The molecule has 3 aromatic rings. The second-order valence-corrected chi connectivity index (χ2v) is 7.33. The molecule has 1 N–H and O–H groups in total. The molecule has 132 valence electrons. The van der Waals surface area contributed by atoms with E-state index in [4.69, 9.17) is 0 Å². The van der Waals surface area contributed by atoms with E-state index in [-0.39, 0.29) is 11.9 Å². The third-order valence-corrected chi connectivity index (χ3v) is 5.50. The standard InChI is InChI=1S/C18H23N5OS/c1-5-8-23-11-19-21-16(23)13(3)20-17(24)15-12(2)14(4)25-18(15)22-9-6-7-10-22/h6-7,9-11,13H,5,8H2,1-4H3,(H,20,24). The molecule has 1 amide bonds. The number of rotatable bonds is 6. The smallest absolute Gasteiger partial charge is 0.255 e. The first kappa shape index (κ1) is 17.4. The van der Waals surface area contributed by atoms with Gasteiger partial charge in [0.25, 0.3) is 5.91 Å². The van der Waals surface area contributed by atoms with Crippen LogP contribution >= 0.6 is 11.3 Å². The van der Waals surface area contributed by atoms with Gasteiger partial charge in [-0.05, 0) is 44.9 Å². The minimum Gasteiger partial charge on any atom is -0.342 e. The molecule has 0 spiro atoms. The van der Waals surface area contributed by atoms with Gasteiger partial charge in [-0.1, -0.05) is 6.92 Å². The Morgan fingerprint density at radius 2 is 2.04 bits per heavy atom. The maximum atomic E-state index is 13.0. The number of nitrogens with zero attached hydrogens (tertiary/aromatic N) is 4. The highest BCUT2D eigenvalue weighted by Crippen LogP contribution is 2.31. The van der Waals surface area contributed by atoms with Crippen LogP contribution in [0.2, 0.25) is 0 Å². The number of carbonyl (C=O) groups excluding carboxylic acids is 1. The van der Waals surface area contributed by atoms with E-state index in [1.165, 1.54) is 0 Å². The number of amides is 1. The highest BCUT2D eigenvalue weighted by Gasteiger charge is 2.23. The first-order valence-electron chi connectivity index (χ1n) is 8.44. The van der Waals surface area contributed by atoms with Crippen LogP contribution < -0.4 is 5.32 Å². The maximum absolute atomic E-state index is 13.0. The summed E-state index contributed by atoms with van der Waals surface area (Å²) in [4.78, 5) is 14.1. The fourth-order valence-electron chi connectivity index (χ4n) is 2.87. The van der Waals surface area contributed by atoms with Crippen molar-refractivity contribution < 1.29 is 4.79 Å². The number of aromatic nitrogens is 4. The molecule has 0 radical (unpaired) electrons. The quantitative estimate of drug-likeness (QED) is 0.732. The summed E-state index contributed by atoms with van der Waals surface area (Å²) in [6.07, 6.45) is 6.63. The monoisotopic (exact) mass is 357 g/mol. The van der Waals surface area contributed by atoms with Gasteiger partial charge in [-0.3, -0.25) is 4.79 Å². The molecule has 6 nitrogen and oxygen atoms in total. The molecule has 0 fully saturated rings. The highest BCUT2D eigenvalue weighted by molar-refractivity contribution is 7.15. The average Bonchev–Trinajstić information content (AvgIpc) is 3.29. The minimum absolute atomic E-state index is 0.0795. The molecule has 1 atom stereocenters. The summed E-state index contributed by atoms with van der Waals surface area (Å²) in [5, 5.41) is 12.2. The molecule has 0 aliphatic heterocycles. The second-order valence-electron chi connectivity index (χ2n) is 6.13. The molecule has 0 aliphatic rings. The third-order valence-electron chi connectivity index (χ3n) is 4.28. The summed E-state index contributed by atoms with van der Waals surface area (Å²) in [7, 11) is 0. The van der Waals surface area contributed by atoms with Gasteiger partial charge in [-0.25, -0.2) is 0 Å². The first-order valence-corrected chi connectivity index (χ1v) is 9.26. The van der Waals surface area contributed by atoms with Crippen molar-refractivity contribution in [3.05, 3.63) is 52.7 Å². The van der Waals surface area contributed by atoms with Gasteiger partial charge in [0.2, 0.25) is 0 Å². The molecule has 0 aromatic carbocycles. The van der Waals surface area contributed by atoms with Crippen LogP contribution in [-0.2, 0) is 6.54 Å². The Hall–Kier alpha value is -2.41. The van der Waals surface area contributed by atoms with Crippen molar-refractivity contribution >= 4 is 17.2 Å². The van der Waals surface area contributed by atoms with Crippen molar-refractivity contribution in [2.75, 3.05) is 0 Å². The number of nitrogens with one attached hydrogen (secondary N) is 1. The Kier molecular flexibility index (Phi) is 5.03. The maximum Gasteiger partial charge on any atom is 0.255 e. The van der Waals surface area contributed by atoms with Crippen LogP contribution in [0.3, 0.4) is 0 Å². The minimum atomic E-state index is -0.210. The number of carbonyl (C=O) groups is 1. The van der Waals surface area contributed by atoms with Crippen LogP contribution in [0.4, 0.5) is 0 Å². The zero-order valence-corrected chi connectivity index (χ0v) is 15.8. The largest absolute Gasteiger partial charge is 0.342 e.